The number of carbonyl (C=O) groups excluding carboxylic acids is 1. The van der Waals surface area contributed by atoms with E-state index in [4.69, 9.17) is 4.74 Å². The van der Waals surface area contributed by atoms with Crippen LogP contribution in [0.25, 0.3) is 0 Å². The molecule has 0 aliphatic carbocycles. The highest BCUT2D eigenvalue weighted by Crippen LogP contribution is 2.28. The van der Waals surface area contributed by atoms with Crippen LogP contribution < -0.4 is 20.7 Å². The maximum absolute atomic E-state index is 12.4. The van der Waals surface area contributed by atoms with Crippen LogP contribution in [0.2, 0.25) is 0 Å². The summed E-state index contributed by atoms with van der Waals surface area (Å²) in [5.41, 5.74) is -0.355. The molecule has 2 aromatic heterocycles. The second-order valence-corrected chi connectivity index (χ2v) is 5.15. The lowest BCUT2D eigenvalue weighted by Gasteiger charge is -2.11. The number of ether oxygens (including phenoxy) is 1. The van der Waals surface area contributed by atoms with Gasteiger partial charge in [-0.05, 0) is 30.7 Å². The van der Waals surface area contributed by atoms with Gasteiger partial charge in [-0.15, -0.1) is 0 Å². The molecule has 0 saturated carbocycles. The lowest BCUT2D eigenvalue weighted by Crippen LogP contribution is -2.30. The maximum Gasteiger partial charge on any atom is 0.417 e. The Morgan fingerprint density at radius 2 is 2.00 bits per heavy atom. The molecule has 0 atom stereocenters. The molecule has 7 nitrogen and oxygen atoms in total. The van der Waals surface area contributed by atoms with Crippen LogP contribution in [0.5, 0.6) is 5.88 Å². The molecule has 140 valence electrons. The number of methoxy groups -OCH3 is 1. The first-order valence-corrected chi connectivity index (χ1v) is 7.71. The molecule has 0 spiro atoms. The summed E-state index contributed by atoms with van der Waals surface area (Å²) in [5.74, 6) is 0.639. The number of alkyl halides is 3. The van der Waals surface area contributed by atoms with Gasteiger partial charge in [0.25, 0.3) is 0 Å². The standard InChI is InChI=1S/C16H18F3N5O2/c1-26-14-12(4-2-7-21-14)24-15(25)22-9-3-8-20-13-6-5-11(10-23-13)16(17,18)19/h2,4-7,10H,3,8-9H2,1H3,(H,20,23)(H2,22,24,25). The second-order valence-electron chi connectivity index (χ2n) is 5.15. The van der Waals surface area contributed by atoms with E-state index < -0.39 is 17.8 Å². The Bertz CT molecular complexity index is 723. The molecule has 2 heterocycles. The Morgan fingerprint density at radius 1 is 1.19 bits per heavy atom. The van der Waals surface area contributed by atoms with Crippen LogP contribution in [0, 0.1) is 0 Å². The van der Waals surface area contributed by atoms with Crippen LogP contribution in [-0.4, -0.2) is 36.2 Å². The summed E-state index contributed by atoms with van der Waals surface area (Å²) in [6, 6.07) is 5.13. The summed E-state index contributed by atoms with van der Waals surface area (Å²) in [5, 5.41) is 8.15. The minimum Gasteiger partial charge on any atom is -0.480 e. The van der Waals surface area contributed by atoms with E-state index in [1.54, 1.807) is 18.3 Å². The zero-order chi connectivity index (χ0) is 19.0. The molecule has 0 unspecified atom stereocenters. The van der Waals surface area contributed by atoms with Gasteiger partial charge in [0.05, 0.1) is 12.7 Å². The molecule has 3 N–H and O–H groups in total. The van der Waals surface area contributed by atoms with Gasteiger partial charge in [-0.2, -0.15) is 13.2 Å². The van der Waals surface area contributed by atoms with Gasteiger partial charge < -0.3 is 20.7 Å². The number of carbonyl (C=O) groups is 1. The van der Waals surface area contributed by atoms with Crippen LogP contribution >= 0.6 is 0 Å². The summed E-state index contributed by atoms with van der Waals surface area (Å²) in [7, 11) is 1.45. The average molecular weight is 369 g/mol. The molecular weight excluding hydrogens is 351 g/mol. The number of aromatic nitrogens is 2. The van der Waals surface area contributed by atoms with Gasteiger partial charge in [0.2, 0.25) is 5.88 Å². The predicted octanol–water partition coefficient (Wildman–Crippen LogP) is 3.13. The number of rotatable bonds is 7. The number of hydrogen-bond donors (Lipinski definition) is 3. The molecule has 0 radical (unpaired) electrons. The van der Waals surface area contributed by atoms with Crippen molar-refractivity contribution in [3.05, 3.63) is 42.2 Å². The van der Waals surface area contributed by atoms with E-state index in [1.165, 1.54) is 13.2 Å². The van der Waals surface area contributed by atoms with Crippen molar-refractivity contribution in [2.45, 2.75) is 12.6 Å². The van der Waals surface area contributed by atoms with Gasteiger partial charge in [0.15, 0.2) is 0 Å². The van der Waals surface area contributed by atoms with Crippen LogP contribution in [0.3, 0.4) is 0 Å². The van der Waals surface area contributed by atoms with E-state index >= 15 is 0 Å². The van der Waals surface area contributed by atoms with Gasteiger partial charge in [-0.1, -0.05) is 0 Å². The summed E-state index contributed by atoms with van der Waals surface area (Å²) < 4.78 is 42.3. The van der Waals surface area contributed by atoms with E-state index in [9.17, 15) is 18.0 Å². The van der Waals surface area contributed by atoms with Crippen molar-refractivity contribution < 1.29 is 22.7 Å². The lowest BCUT2D eigenvalue weighted by atomic mass is 10.3. The zero-order valence-corrected chi connectivity index (χ0v) is 13.9. The van der Waals surface area contributed by atoms with Crippen molar-refractivity contribution in [2.24, 2.45) is 0 Å². The molecule has 2 amide bonds. The molecule has 0 aliphatic rings. The summed E-state index contributed by atoms with van der Waals surface area (Å²) in [6.45, 7) is 0.802. The highest BCUT2D eigenvalue weighted by Gasteiger charge is 2.30. The molecule has 0 bridgehead atoms. The highest BCUT2D eigenvalue weighted by molar-refractivity contribution is 5.90. The fraction of sp³-hybridized carbons (Fsp3) is 0.312. The SMILES string of the molecule is COc1ncccc1NC(=O)NCCCNc1ccc(C(F)(F)F)cn1. The first-order valence-electron chi connectivity index (χ1n) is 7.71. The Hall–Kier alpha value is -3.04. The van der Waals surface area contributed by atoms with E-state index in [2.05, 4.69) is 25.9 Å². The number of nitrogens with one attached hydrogen (secondary N) is 3. The first-order chi connectivity index (χ1) is 12.4. The van der Waals surface area contributed by atoms with Gasteiger partial charge in [-0.25, -0.2) is 14.8 Å². The van der Waals surface area contributed by atoms with Crippen molar-refractivity contribution >= 4 is 17.5 Å². The molecule has 2 aromatic rings. The van der Waals surface area contributed by atoms with Gasteiger partial charge >= 0.3 is 12.2 Å². The van der Waals surface area contributed by atoms with Crippen molar-refractivity contribution in [2.75, 3.05) is 30.8 Å². The van der Waals surface area contributed by atoms with Crippen molar-refractivity contribution in [3.63, 3.8) is 0 Å². The maximum atomic E-state index is 12.4. The second kappa shape index (κ2) is 8.88. The Kier molecular flexibility index (Phi) is 6.59. The number of urea groups is 1. The van der Waals surface area contributed by atoms with Gasteiger partial charge in [0, 0.05) is 25.5 Å². The number of amides is 2. The summed E-state index contributed by atoms with van der Waals surface area (Å²) >= 11 is 0. The zero-order valence-electron chi connectivity index (χ0n) is 13.9. The number of hydrogen-bond acceptors (Lipinski definition) is 5. The Balaban J connectivity index is 1.68. The predicted molar refractivity (Wildman–Crippen MR) is 90.2 cm³/mol. The highest BCUT2D eigenvalue weighted by atomic mass is 19.4. The van der Waals surface area contributed by atoms with E-state index in [1.807, 2.05) is 0 Å². The molecule has 0 fully saturated rings. The number of halogens is 3. The van der Waals surface area contributed by atoms with Gasteiger partial charge in [0.1, 0.15) is 11.5 Å². The van der Waals surface area contributed by atoms with Crippen molar-refractivity contribution in [1.29, 1.82) is 0 Å². The number of anilines is 2. The van der Waals surface area contributed by atoms with Crippen LogP contribution in [0.4, 0.5) is 29.5 Å². The monoisotopic (exact) mass is 369 g/mol. The number of pyridine rings is 2. The normalized spacial score (nSPS) is 10.9. The van der Waals surface area contributed by atoms with E-state index in [0.717, 1.165) is 12.3 Å². The third-order valence-electron chi connectivity index (χ3n) is 3.25. The van der Waals surface area contributed by atoms with Crippen molar-refractivity contribution in [1.82, 2.24) is 15.3 Å². The minimum absolute atomic E-state index is 0.303. The fourth-order valence-electron chi connectivity index (χ4n) is 1.99. The number of nitrogens with zero attached hydrogens (tertiary/aromatic N) is 2. The molecule has 2 rings (SSSR count). The fourth-order valence-corrected chi connectivity index (χ4v) is 1.99. The van der Waals surface area contributed by atoms with Crippen molar-refractivity contribution in [3.8, 4) is 5.88 Å². The van der Waals surface area contributed by atoms with Crippen LogP contribution in [-0.2, 0) is 6.18 Å². The average Bonchev–Trinajstić information content (AvgIpc) is 2.61. The largest absolute Gasteiger partial charge is 0.480 e. The first kappa shape index (κ1) is 19.3. The Morgan fingerprint density at radius 3 is 2.65 bits per heavy atom. The molecule has 0 aliphatic heterocycles. The molecule has 10 heteroatoms. The smallest absolute Gasteiger partial charge is 0.417 e. The van der Waals surface area contributed by atoms with E-state index in [-0.39, 0.29) is 0 Å². The topological polar surface area (TPSA) is 88.2 Å². The molecule has 26 heavy (non-hydrogen) atoms. The minimum atomic E-state index is -4.40. The van der Waals surface area contributed by atoms with E-state index in [0.29, 0.717) is 36.9 Å². The lowest BCUT2D eigenvalue weighted by molar-refractivity contribution is -0.137. The van der Waals surface area contributed by atoms with Crippen LogP contribution in [0.15, 0.2) is 36.7 Å². The molecule has 0 saturated heterocycles. The molecule has 0 aromatic carbocycles. The quantitative estimate of drug-likeness (QED) is 0.653. The summed E-state index contributed by atoms with van der Waals surface area (Å²) in [6.07, 6.45) is -1.53. The molecular formula is C16H18F3N5O2. The third kappa shape index (κ3) is 5.80. The third-order valence-corrected chi connectivity index (χ3v) is 3.25. The van der Waals surface area contributed by atoms with Gasteiger partial charge in [-0.3, -0.25) is 0 Å². The Labute approximate surface area is 148 Å². The summed E-state index contributed by atoms with van der Waals surface area (Å²) in [4.78, 5) is 19.5. The van der Waals surface area contributed by atoms with Crippen LogP contribution in [0.1, 0.15) is 12.0 Å².